The first-order chi connectivity index (χ1) is 12.4. The van der Waals surface area contributed by atoms with E-state index in [9.17, 15) is 14.7 Å². The number of carboxylic acid groups (broad SMARTS) is 1. The van der Waals surface area contributed by atoms with Gasteiger partial charge < -0.3 is 19.5 Å². The first-order valence-electron chi connectivity index (χ1n) is 8.60. The maximum atomic E-state index is 13.3. The fourth-order valence-corrected chi connectivity index (χ4v) is 4.56. The Morgan fingerprint density at radius 3 is 2.65 bits per heavy atom. The molecule has 1 aromatic rings. The van der Waals surface area contributed by atoms with Gasteiger partial charge in [0.05, 0.1) is 25.2 Å². The third kappa shape index (κ3) is 2.15. The van der Waals surface area contributed by atoms with E-state index in [1.54, 1.807) is 30.2 Å². The molecule has 0 unspecified atom stereocenters. The highest BCUT2D eigenvalue weighted by molar-refractivity contribution is 6.03. The van der Waals surface area contributed by atoms with Crippen LogP contribution in [-0.2, 0) is 14.3 Å². The summed E-state index contributed by atoms with van der Waals surface area (Å²) in [5.41, 5.74) is 0.704. The minimum Gasteiger partial charge on any atom is -0.497 e. The molecule has 5 atom stereocenters. The first kappa shape index (κ1) is 16.8. The lowest BCUT2D eigenvalue weighted by Crippen LogP contribution is -2.45. The second kappa shape index (κ2) is 5.71. The topological polar surface area (TPSA) is 76.1 Å². The molecule has 1 amide bonds. The monoisotopic (exact) mass is 355 g/mol. The van der Waals surface area contributed by atoms with Crippen molar-refractivity contribution in [3.63, 3.8) is 0 Å². The van der Waals surface area contributed by atoms with Crippen LogP contribution in [0.2, 0.25) is 0 Å². The van der Waals surface area contributed by atoms with Crippen molar-refractivity contribution in [2.75, 3.05) is 12.0 Å². The second-order valence-electron chi connectivity index (χ2n) is 7.22. The molecule has 0 saturated carbocycles. The number of benzene rings is 1. The van der Waals surface area contributed by atoms with Gasteiger partial charge in [-0.2, -0.15) is 0 Å². The average Bonchev–Trinajstić information content (AvgIpc) is 3.24. The highest BCUT2D eigenvalue weighted by atomic mass is 16.5. The molecule has 3 heterocycles. The van der Waals surface area contributed by atoms with Gasteiger partial charge in [0.2, 0.25) is 5.91 Å². The van der Waals surface area contributed by atoms with Crippen LogP contribution in [0, 0.1) is 11.8 Å². The number of nitrogens with zero attached hydrogens (tertiary/aromatic N) is 1. The third-order valence-electron chi connectivity index (χ3n) is 5.60. The molecular formula is C20H21NO5. The van der Waals surface area contributed by atoms with Crippen LogP contribution in [0.15, 0.2) is 48.6 Å². The first-order valence-corrected chi connectivity index (χ1v) is 8.60. The number of carbonyl (C=O) groups is 2. The van der Waals surface area contributed by atoms with Crippen molar-refractivity contribution < 1.29 is 24.2 Å². The van der Waals surface area contributed by atoms with Crippen LogP contribution >= 0.6 is 0 Å². The van der Waals surface area contributed by atoms with Crippen molar-refractivity contribution in [3.05, 3.63) is 48.6 Å². The van der Waals surface area contributed by atoms with Gasteiger partial charge in [0.1, 0.15) is 17.3 Å². The van der Waals surface area contributed by atoms with E-state index in [1.165, 1.54) is 0 Å². The molecule has 3 aliphatic heterocycles. The molecule has 6 heteroatoms. The number of carboxylic acids is 1. The van der Waals surface area contributed by atoms with E-state index in [-0.39, 0.29) is 11.9 Å². The lowest BCUT2D eigenvalue weighted by Gasteiger charge is -2.33. The van der Waals surface area contributed by atoms with Crippen molar-refractivity contribution in [1.29, 1.82) is 0 Å². The summed E-state index contributed by atoms with van der Waals surface area (Å²) in [6.45, 7) is 5.90. The lowest BCUT2D eigenvalue weighted by molar-refractivity contribution is -0.146. The van der Waals surface area contributed by atoms with Gasteiger partial charge >= 0.3 is 5.97 Å². The fourth-order valence-electron chi connectivity index (χ4n) is 4.56. The normalized spacial score (nSPS) is 34.2. The number of fused-ring (bicyclic) bond motifs is 1. The summed E-state index contributed by atoms with van der Waals surface area (Å²) in [5, 5.41) is 9.67. The van der Waals surface area contributed by atoms with Crippen LogP contribution in [0.1, 0.15) is 13.3 Å². The van der Waals surface area contributed by atoms with Crippen LogP contribution < -0.4 is 9.64 Å². The number of hydrogen-bond donors (Lipinski definition) is 1. The molecule has 26 heavy (non-hydrogen) atoms. The zero-order valence-corrected chi connectivity index (χ0v) is 14.7. The van der Waals surface area contributed by atoms with Crippen LogP contribution in [0.3, 0.4) is 0 Å². The van der Waals surface area contributed by atoms with Crippen LogP contribution in [-0.4, -0.2) is 41.8 Å². The van der Waals surface area contributed by atoms with E-state index in [2.05, 4.69) is 6.58 Å². The van der Waals surface area contributed by atoms with E-state index in [0.717, 1.165) is 5.57 Å². The van der Waals surface area contributed by atoms with Crippen LogP contribution in [0.25, 0.3) is 0 Å². The van der Waals surface area contributed by atoms with E-state index in [1.807, 2.05) is 25.1 Å². The molecule has 0 aliphatic carbocycles. The number of rotatable bonds is 5. The van der Waals surface area contributed by atoms with Crippen molar-refractivity contribution in [3.8, 4) is 5.75 Å². The largest absolute Gasteiger partial charge is 0.497 e. The van der Waals surface area contributed by atoms with Gasteiger partial charge in [-0.25, -0.2) is 0 Å². The maximum Gasteiger partial charge on any atom is 0.310 e. The Kier molecular flexibility index (Phi) is 3.70. The standard InChI is InChI=1S/C20H21NO5/c1-11(2)10-15-20-9-8-14(26-20)16(19(23)24)17(20)18(22)21(15)12-4-6-13(25-3)7-5-12/h4-9,14-17H,1,10H2,2-3H3,(H,23,24)/t14-,15+,16+,17+,20-/m1/s1. The van der Waals surface area contributed by atoms with Gasteiger partial charge in [0, 0.05) is 5.69 Å². The smallest absolute Gasteiger partial charge is 0.310 e. The summed E-state index contributed by atoms with van der Waals surface area (Å²) in [6.07, 6.45) is 3.66. The third-order valence-corrected chi connectivity index (χ3v) is 5.60. The molecule has 2 fully saturated rings. The Labute approximate surface area is 151 Å². The quantitative estimate of drug-likeness (QED) is 0.821. The highest BCUT2D eigenvalue weighted by Crippen LogP contribution is 2.56. The number of amides is 1. The molecule has 1 aromatic carbocycles. The summed E-state index contributed by atoms with van der Waals surface area (Å²) in [7, 11) is 1.58. The maximum absolute atomic E-state index is 13.3. The molecule has 136 valence electrons. The van der Waals surface area contributed by atoms with E-state index >= 15 is 0 Å². The van der Waals surface area contributed by atoms with Gasteiger partial charge in [-0.15, -0.1) is 6.58 Å². The average molecular weight is 355 g/mol. The number of methoxy groups -OCH3 is 1. The Morgan fingerprint density at radius 1 is 1.38 bits per heavy atom. The minimum atomic E-state index is -0.995. The Balaban J connectivity index is 1.81. The van der Waals surface area contributed by atoms with Crippen LogP contribution in [0.5, 0.6) is 5.75 Å². The summed E-state index contributed by atoms with van der Waals surface area (Å²) in [5.74, 6) is -2.09. The van der Waals surface area contributed by atoms with Crippen molar-refractivity contribution in [1.82, 2.24) is 0 Å². The summed E-state index contributed by atoms with van der Waals surface area (Å²) >= 11 is 0. The van der Waals surface area contributed by atoms with E-state index in [4.69, 9.17) is 9.47 Å². The van der Waals surface area contributed by atoms with Crippen molar-refractivity contribution in [2.24, 2.45) is 11.8 Å². The number of anilines is 1. The molecule has 4 rings (SSSR count). The predicted molar refractivity (Wildman–Crippen MR) is 95.1 cm³/mol. The van der Waals surface area contributed by atoms with Gasteiger partial charge in [0.15, 0.2) is 0 Å². The minimum absolute atomic E-state index is 0.208. The number of aliphatic carboxylic acids is 1. The Morgan fingerprint density at radius 2 is 2.08 bits per heavy atom. The fraction of sp³-hybridized carbons (Fsp3) is 0.400. The van der Waals surface area contributed by atoms with Gasteiger partial charge in [-0.3, -0.25) is 9.59 Å². The number of hydrogen-bond acceptors (Lipinski definition) is 4. The molecule has 6 nitrogen and oxygen atoms in total. The molecule has 2 saturated heterocycles. The van der Waals surface area contributed by atoms with Gasteiger partial charge in [-0.05, 0) is 37.6 Å². The lowest BCUT2D eigenvalue weighted by atomic mass is 9.74. The number of ether oxygens (including phenoxy) is 2. The zero-order valence-electron chi connectivity index (χ0n) is 14.7. The van der Waals surface area contributed by atoms with Crippen molar-refractivity contribution in [2.45, 2.75) is 31.1 Å². The molecule has 2 bridgehead atoms. The van der Waals surface area contributed by atoms with Crippen LogP contribution in [0.4, 0.5) is 5.69 Å². The molecule has 1 N–H and O–H groups in total. The van der Waals surface area contributed by atoms with Gasteiger partial charge in [-0.1, -0.05) is 17.7 Å². The molecule has 0 aromatic heterocycles. The predicted octanol–water partition coefficient (Wildman–Crippen LogP) is 2.40. The zero-order chi connectivity index (χ0) is 18.6. The van der Waals surface area contributed by atoms with Crippen molar-refractivity contribution >= 4 is 17.6 Å². The highest BCUT2D eigenvalue weighted by Gasteiger charge is 2.71. The Bertz CT molecular complexity index is 814. The molecule has 0 radical (unpaired) electrons. The number of carbonyl (C=O) groups excluding carboxylic acids is 1. The molecule has 1 spiro atoms. The molecular weight excluding hydrogens is 334 g/mol. The SMILES string of the molecule is C=C(C)C[C@@H]1N(c2ccc(OC)cc2)C(=O)[C@@H]2[C@@H](C(=O)O)[C@H]3C=C[C@]21O3. The summed E-state index contributed by atoms with van der Waals surface area (Å²) in [4.78, 5) is 26.8. The summed E-state index contributed by atoms with van der Waals surface area (Å²) < 4.78 is 11.3. The molecule has 3 aliphatic rings. The summed E-state index contributed by atoms with van der Waals surface area (Å²) in [6, 6.07) is 6.87. The van der Waals surface area contributed by atoms with E-state index < -0.39 is 29.5 Å². The Hall–Kier alpha value is -2.60. The van der Waals surface area contributed by atoms with E-state index in [0.29, 0.717) is 17.9 Å². The second-order valence-corrected chi connectivity index (χ2v) is 7.22. The van der Waals surface area contributed by atoms with Gasteiger partial charge in [0.25, 0.3) is 0 Å².